The molecule has 1 aromatic rings. The molecule has 1 aliphatic rings. The summed E-state index contributed by atoms with van der Waals surface area (Å²) in [7, 11) is 0. The molecule has 0 bridgehead atoms. The van der Waals surface area contributed by atoms with Crippen molar-refractivity contribution in [2.45, 2.75) is 56.4 Å². The monoisotopic (exact) mass is 281 g/mol. The van der Waals surface area contributed by atoms with Gasteiger partial charge in [0.2, 0.25) is 0 Å². The van der Waals surface area contributed by atoms with E-state index in [-0.39, 0.29) is 11.7 Å². The van der Waals surface area contributed by atoms with Gasteiger partial charge in [0.1, 0.15) is 5.54 Å². The van der Waals surface area contributed by atoms with Crippen molar-refractivity contribution < 1.29 is 0 Å². The van der Waals surface area contributed by atoms with Crippen LogP contribution in [0.3, 0.4) is 0 Å². The summed E-state index contributed by atoms with van der Waals surface area (Å²) in [5.41, 5.74) is -0.783. The van der Waals surface area contributed by atoms with Gasteiger partial charge in [-0.15, -0.1) is 5.10 Å². The lowest BCUT2D eigenvalue weighted by molar-refractivity contribution is 0.488. The Morgan fingerprint density at radius 2 is 2.37 bits per heavy atom. The van der Waals surface area contributed by atoms with Crippen LogP contribution in [0, 0.1) is 11.3 Å². The predicted octanol–water partition coefficient (Wildman–Crippen LogP) is 1.28. The molecular weight excluding hydrogens is 262 g/mol. The lowest BCUT2D eigenvalue weighted by atomic mass is 10.1. The molecule has 1 aliphatic carbocycles. The first kappa shape index (κ1) is 14.2. The number of nitrogens with zero attached hydrogens (tertiary/aromatic N) is 3. The van der Waals surface area contributed by atoms with Crippen molar-refractivity contribution in [2.24, 2.45) is 0 Å². The van der Waals surface area contributed by atoms with Crippen LogP contribution in [0.5, 0.6) is 0 Å². The number of hydrogen-bond donors (Lipinski definition) is 2. The number of aromatic amines is 1. The molecule has 0 spiro atoms. The molecular formula is C12H19N5OS. The average molecular weight is 281 g/mol. The van der Waals surface area contributed by atoms with Gasteiger partial charge in [-0.05, 0) is 33.6 Å². The molecule has 104 valence electrons. The van der Waals surface area contributed by atoms with E-state index in [1.807, 2.05) is 20.8 Å². The molecule has 0 aromatic carbocycles. The third-order valence-corrected chi connectivity index (χ3v) is 4.29. The van der Waals surface area contributed by atoms with E-state index in [1.54, 1.807) is 4.57 Å². The molecule has 0 amide bonds. The van der Waals surface area contributed by atoms with Crippen molar-refractivity contribution in [3.8, 4) is 6.07 Å². The first-order chi connectivity index (χ1) is 8.95. The minimum absolute atomic E-state index is 0.0542. The molecule has 1 aromatic heterocycles. The molecule has 2 N–H and O–H groups in total. The molecule has 1 fully saturated rings. The Morgan fingerprint density at radius 3 is 2.89 bits per heavy atom. The minimum Gasteiger partial charge on any atom is -0.296 e. The highest BCUT2D eigenvalue weighted by molar-refractivity contribution is 7.99. The second kappa shape index (κ2) is 5.39. The number of aromatic nitrogens is 3. The summed E-state index contributed by atoms with van der Waals surface area (Å²) in [5, 5.41) is 19.8. The molecule has 7 heteroatoms. The molecule has 0 radical (unpaired) electrons. The van der Waals surface area contributed by atoms with E-state index in [4.69, 9.17) is 0 Å². The molecule has 1 atom stereocenters. The zero-order valence-corrected chi connectivity index (χ0v) is 12.3. The summed E-state index contributed by atoms with van der Waals surface area (Å²) in [6.07, 6.45) is 2.28. The molecule has 1 heterocycles. The fourth-order valence-corrected chi connectivity index (χ4v) is 2.95. The molecule has 19 heavy (non-hydrogen) atoms. The van der Waals surface area contributed by atoms with Crippen molar-refractivity contribution in [3.05, 3.63) is 10.5 Å². The van der Waals surface area contributed by atoms with Gasteiger partial charge in [0, 0.05) is 17.8 Å². The Bertz CT molecular complexity index is 539. The predicted molar refractivity (Wildman–Crippen MR) is 74.1 cm³/mol. The lowest BCUT2D eigenvalue weighted by Crippen LogP contribution is -2.44. The van der Waals surface area contributed by atoms with Crippen molar-refractivity contribution >= 4 is 11.8 Å². The quantitative estimate of drug-likeness (QED) is 0.767. The Balaban J connectivity index is 2.05. The molecule has 0 aliphatic heterocycles. The maximum Gasteiger partial charge on any atom is 0.344 e. The number of nitrogens with one attached hydrogen (secondary N) is 2. The highest BCUT2D eigenvalue weighted by atomic mass is 32.2. The number of rotatable bonds is 6. The van der Waals surface area contributed by atoms with Gasteiger partial charge in [0.05, 0.1) is 6.07 Å². The summed E-state index contributed by atoms with van der Waals surface area (Å²) in [6, 6.07) is 2.84. The van der Waals surface area contributed by atoms with Gasteiger partial charge in [0.25, 0.3) is 0 Å². The van der Waals surface area contributed by atoms with E-state index < -0.39 is 5.54 Å². The highest BCUT2D eigenvalue weighted by Crippen LogP contribution is 2.26. The smallest absolute Gasteiger partial charge is 0.296 e. The van der Waals surface area contributed by atoms with Crippen molar-refractivity contribution in [1.82, 2.24) is 20.1 Å². The van der Waals surface area contributed by atoms with E-state index >= 15 is 0 Å². The number of hydrogen-bond acceptors (Lipinski definition) is 5. The number of nitriles is 1. The van der Waals surface area contributed by atoms with E-state index in [2.05, 4.69) is 21.6 Å². The van der Waals surface area contributed by atoms with Crippen molar-refractivity contribution in [2.75, 3.05) is 5.75 Å². The standard InChI is InChI=1S/C12H19N5OS/c1-8(2)17-10(18)15-16-11(17)19-7-12(3,6-13)14-9-4-5-9/h8-9,14H,4-5,7H2,1-3H3,(H,15,18). The first-order valence-electron chi connectivity index (χ1n) is 6.44. The Kier molecular flexibility index (Phi) is 4.02. The van der Waals surface area contributed by atoms with Gasteiger partial charge in [-0.25, -0.2) is 9.89 Å². The number of H-pyrrole nitrogens is 1. The Labute approximate surface area is 116 Å². The van der Waals surface area contributed by atoms with Crippen LogP contribution in [0.2, 0.25) is 0 Å². The van der Waals surface area contributed by atoms with Crippen LogP contribution in [-0.4, -0.2) is 32.1 Å². The summed E-state index contributed by atoms with van der Waals surface area (Å²) in [6.45, 7) is 5.77. The molecule has 0 saturated heterocycles. The SMILES string of the molecule is CC(C)n1c(SCC(C)(C#N)NC2CC2)n[nH]c1=O. The van der Waals surface area contributed by atoms with Gasteiger partial charge in [0.15, 0.2) is 5.16 Å². The third-order valence-electron chi connectivity index (χ3n) is 3.03. The Hall–Kier alpha value is -1.26. The van der Waals surface area contributed by atoms with Gasteiger partial charge in [-0.3, -0.25) is 9.88 Å². The molecule has 6 nitrogen and oxygen atoms in total. The van der Waals surface area contributed by atoms with Crippen LogP contribution in [-0.2, 0) is 0 Å². The topological polar surface area (TPSA) is 86.5 Å². The van der Waals surface area contributed by atoms with Crippen LogP contribution < -0.4 is 11.0 Å². The molecule has 1 unspecified atom stereocenters. The highest BCUT2D eigenvalue weighted by Gasteiger charge is 2.33. The molecule has 2 rings (SSSR count). The van der Waals surface area contributed by atoms with E-state index in [0.717, 1.165) is 12.8 Å². The van der Waals surface area contributed by atoms with Crippen molar-refractivity contribution in [3.63, 3.8) is 0 Å². The van der Waals surface area contributed by atoms with Crippen LogP contribution in [0.25, 0.3) is 0 Å². The second-order valence-electron chi connectivity index (χ2n) is 5.43. The molecule has 1 saturated carbocycles. The van der Waals surface area contributed by atoms with E-state index in [0.29, 0.717) is 17.0 Å². The number of thioether (sulfide) groups is 1. The van der Waals surface area contributed by atoms with Crippen molar-refractivity contribution in [1.29, 1.82) is 5.26 Å². The van der Waals surface area contributed by atoms with E-state index in [1.165, 1.54) is 11.8 Å². The first-order valence-corrected chi connectivity index (χ1v) is 7.42. The van der Waals surface area contributed by atoms with Crippen LogP contribution in [0.4, 0.5) is 0 Å². The van der Waals surface area contributed by atoms with E-state index in [9.17, 15) is 10.1 Å². The zero-order chi connectivity index (χ0) is 14.0. The van der Waals surface area contributed by atoms with Crippen LogP contribution in [0.15, 0.2) is 9.95 Å². The summed E-state index contributed by atoms with van der Waals surface area (Å²) in [5.74, 6) is 0.566. The lowest BCUT2D eigenvalue weighted by Gasteiger charge is -2.22. The normalized spacial score (nSPS) is 18.3. The summed E-state index contributed by atoms with van der Waals surface area (Å²) < 4.78 is 1.61. The summed E-state index contributed by atoms with van der Waals surface area (Å²) in [4.78, 5) is 11.6. The van der Waals surface area contributed by atoms with Gasteiger partial charge >= 0.3 is 5.69 Å². The maximum atomic E-state index is 11.6. The van der Waals surface area contributed by atoms with Gasteiger partial charge < -0.3 is 0 Å². The minimum atomic E-state index is -0.581. The van der Waals surface area contributed by atoms with Gasteiger partial charge in [-0.1, -0.05) is 11.8 Å². The third kappa shape index (κ3) is 3.39. The van der Waals surface area contributed by atoms with Crippen LogP contribution >= 0.6 is 11.8 Å². The summed E-state index contributed by atoms with van der Waals surface area (Å²) >= 11 is 1.43. The fourth-order valence-electron chi connectivity index (χ4n) is 1.84. The maximum absolute atomic E-state index is 11.6. The fraction of sp³-hybridized carbons (Fsp3) is 0.750. The van der Waals surface area contributed by atoms with Crippen LogP contribution in [0.1, 0.15) is 39.7 Å². The Morgan fingerprint density at radius 1 is 1.68 bits per heavy atom. The average Bonchev–Trinajstić information content (AvgIpc) is 3.07. The van der Waals surface area contributed by atoms with Gasteiger partial charge in [-0.2, -0.15) is 5.26 Å². The second-order valence-corrected chi connectivity index (χ2v) is 6.37. The largest absolute Gasteiger partial charge is 0.344 e. The zero-order valence-electron chi connectivity index (χ0n) is 11.4.